The molecule has 0 bridgehead atoms. The van der Waals surface area contributed by atoms with Crippen molar-refractivity contribution < 1.29 is 17.6 Å². The van der Waals surface area contributed by atoms with Gasteiger partial charge < -0.3 is 14.6 Å². The third-order valence-corrected chi connectivity index (χ3v) is 2.37. The van der Waals surface area contributed by atoms with Gasteiger partial charge in [-0.15, -0.1) is 5.10 Å². The van der Waals surface area contributed by atoms with Crippen LogP contribution in [0.5, 0.6) is 0 Å². The van der Waals surface area contributed by atoms with Gasteiger partial charge in [0, 0.05) is 6.54 Å². The molecule has 1 rings (SSSR count). The quantitative estimate of drug-likeness (QED) is 0.854. The maximum Gasteiger partial charge on any atom is 0.406 e. The Hall–Kier alpha value is -1.31. The summed E-state index contributed by atoms with van der Waals surface area (Å²) < 4.78 is 42.4. The van der Waals surface area contributed by atoms with Crippen molar-refractivity contribution in [3.63, 3.8) is 0 Å². The van der Waals surface area contributed by atoms with Crippen molar-refractivity contribution in [2.24, 2.45) is 0 Å². The molecule has 8 heteroatoms. The van der Waals surface area contributed by atoms with E-state index in [1.54, 1.807) is 20.9 Å². The van der Waals surface area contributed by atoms with Crippen molar-refractivity contribution in [3.8, 4) is 0 Å². The van der Waals surface area contributed by atoms with Gasteiger partial charge in [0.2, 0.25) is 5.89 Å². The number of anilines is 1. The fourth-order valence-electron chi connectivity index (χ4n) is 1.38. The van der Waals surface area contributed by atoms with Gasteiger partial charge in [-0.25, -0.2) is 0 Å². The minimum atomic E-state index is -4.29. The summed E-state index contributed by atoms with van der Waals surface area (Å²) in [7, 11) is 1.70. The number of hydrogen-bond acceptors (Lipinski definition) is 5. The normalized spacial score (nSPS) is 13.7. The Morgan fingerprint density at radius 1 is 1.39 bits per heavy atom. The number of nitrogens with zero attached hydrogens (tertiary/aromatic N) is 3. The fourth-order valence-corrected chi connectivity index (χ4v) is 1.38. The van der Waals surface area contributed by atoms with Crippen molar-refractivity contribution in [3.05, 3.63) is 5.89 Å². The second-order valence-corrected chi connectivity index (χ2v) is 3.97. The highest BCUT2D eigenvalue weighted by Crippen LogP contribution is 2.22. The van der Waals surface area contributed by atoms with Gasteiger partial charge in [0.15, 0.2) is 0 Å². The second kappa shape index (κ2) is 6.03. The van der Waals surface area contributed by atoms with Crippen LogP contribution in [0.15, 0.2) is 4.42 Å². The van der Waals surface area contributed by atoms with Gasteiger partial charge in [0.25, 0.3) is 0 Å². The van der Waals surface area contributed by atoms with Gasteiger partial charge >= 0.3 is 12.2 Å². The highest BCUT2D eigenvalue weighted by molar-refractivity contribution is 5.24. The van der Waals surface area contributed by atoms with Crippen LogP contribution < -0.4 is 10.2 Å². The van der Waals surface area contributed by atoms with E-state index in [4.69, 9.17) is 4.42 Å². The predicted octanol–water partition coefficient (Wildman–Crippen LogP) is 2.13. The predicted molar refractivity (Wildman–Crippen MR) is 60.3 cm³/mol. The van der Waals surface area contributed by atoms with E-state index in [1.165, 1.54) is 0 Å². The number of hydrogen-bond donors (Lipinski definition) is 1. The Kier molecular flexibility index (Phi) is 4.94. The van der Waals surface area contributed by atoms with E-state index in [2.05, 4.69) is 15.5 Å². The monoisotopic (exact) mass is 266 g/mol. The van der Waals surface area contributed by atoms with Crippen molar-refractivity contribution in [1.29, 1.82) is 0 Å². The Morgan fingerprint density at radius 2 is 2.06 bits per heavy atom. The van der Waals surface area contributed by atoms with Gasteiger partial charge in [-0.2, -0.15) is 13.2 Å². The first-order valence-electron chi connectivity index (χ1n) is 5.69. The van der Waals surface area contributed by atoms with Crippen LogP contribution in [0.1, 0.15) is 32.2 Å². The molecular formula is C10H17F3N4O. The molecule has 1 heterocycles. The van der Waals surface area contributed by atoms with Crippen LogP contribution in [0.25, 0.3) is 0 Å². The van der Waals surface area contributed by atoms with Crippen molar-refractivity contribution in [2.45, 2.75) is 32.5 Å². The molecule has 0 saturated heterocycles. The van der Waals surface area contributed by atoms with Gasteiger partial charge in [0.05, 0.1) is 6.04 Å². The maximum atomic E-state index is 12.4. The van der Waals surface area contributed by atoms with Crippen molar-refractivity contribution in [2.75, 3.05) is 25.0 Å². The molecule has 0 aromatic carbocycles. The van der Waals surface area contributed by atoms with Crippen LogP contribution in [-0.2, 0) is 0 Å². The molecule has 0 radical (unpaired) electrons. The van der Waals surface area contributed by atoms with Crippen LogP contribution >= 0.6 is 0 Å². The minimum Gasteiger partial charge on any atom is -0.406 e. The largest absolute Gasteiger partial charge is 0.406 e. The molecule has 1 aromatic heterocycles. The third-order valence-electron chi connectivity index (χ3n) is 2.37. The number of alkyl halides is 3. The minimum absolute atomic E-state index is 0.0914. The fraction of sp³-hybridized carbons (Fsp3) is 0.800. The SMILES string of the molecule is CCCN(CC(F)(F)F)c1nnc(C(C)NC)o1. The van der Waals surface area contributed by atoms with E-state index >= 15 is 0 Å². The molecule has 0 spiro atoms. The molecule has 0 aliphatic rings. The van der Waals surface area contributed by atoms with E-state index in [1.807, 2.05) is 0 Å². The molecule has 1 unspecified atom stereocenters. The van der Waals surface area contributed by atoms with Crippen LogP contribution in [-0.4, -0.2) is 36.5 Å². The zero-order valence-electron chi connectivity index (χ0n) is 10.6. The summed E-state index contributed by atoms with van der Waals surface area (Å²) in [5.74, 6) is 0.274. The lowest BCUT2D eigenvalue weighted by Gasteiger charge is -2.20. The molecule has 1 atom stereocenters. The molecule has 5 nitrogen and oxygen atoms in total. The van der Waals surface area contributed by atoms with E-state index in [-0.39, 0.29) is 24.5 Å². The molecule has 0 saturated carbocycles. The number of halogens is 3. The van der Waals surface area contributed by atoms with Gasteiger partial charge in [-0.05, 0) is 20.4 Å². The smallest absolute Gasteiger partial charge is 0.406 e. The summed E-state index contributed by atoms with van der Waals surface area (Å²) in [6.45, 7) is 2.70. The maximum absolute atomic E-state index is 12.4. The number of rotatable bonds is 6. The third kappa shape index (κ3) is 4.17. The zero-order chi connectivity index (χ0) is 13.8. The molecule has 104 valence electrons. The lowest BCUT2D eigenvalue weighted by atomic mass is 10.3. The van der Waals surface area contributed by atoms with E-state index in [0.29, 0.717) is 6.42 Å². The van der Waals surface area contributed by atoms with Crippen LogP contribution in [0.3, 0.4) is 0 Å². The molecule has 0 amide bonds. The first kappa shape index (κ1) is 14.7. The zero-order valence-corrected chi connectivity index (χ0v) is 10.6. The first-order chi connectivity index (χ1) is 8.37. The molecule has 0 fully saturated rings. The summed E-state index contributed by atoms with van der Waals surface area (Å²) in [5, 5.41) is 10.3. The molecule has 18 heavy (non-hydrogen) atoms. The Bertz CT molecular complexity index is 366. The summed E-state index contributed by atoms with van der Waals surface area (Å²) in [4.78, 5) is 1.04. The molecule has 0 aliphatic heterocycles. The Balaban J connectivity index is 2.82. The van der Waals surface area contributed by atoms with Gasteiger partial charge in [0.1, 0.15) is 6.54 Å². The van der Waals surface area contributed by atoms with Crippen molar-refractivity contribution in [1.82, 2.24) is 15.5 Å². The van der Waals surface area contributed by atoms with Crippen LogP contribution in [0.2, 0.25) is 0 Å². The first-order valence-corrected chi connectivity index (χ1v) is 5.69. The summed E-state index contributed by atoms with van der Waals surface area (Å²) in [5.41, 5.74) is 0. The van der Waals surface area contributed by atoms with Gasteiger partial charge in [-0.3, -0.25) is 0 Å². The second-order valence-electron chi connectivity index (χ2n) is 3.97. The van der Waals surface area contributed by atoms with E-state index in [9.17, 15) is 13.2 Å². The highest BCUT2D eigenvalue weighted by Gasteiger charge is 2.32. The number of aromatic nitrogens is 2. The van der Waals surface area contributed by atoms with Crippen LogP contribution in [0, 0.1) is 0 Å². The average molecular weight is 266 g/mol. The van der Waals surface area contributed by atoms with E-state index < -0.39 is 12.7 Å². The van der Waals surface area contributed by atoms with Crippen molar-refractivity contribution >= 4 is 6.01 Å². The van der Waals surface area contributed by atoms with E-state index in [0.717, 1.165) is 4.90 Å². The summed E-state index contributed by atoms with van der Waals surface area (Å²) in [6.07, 6.45) is -3.73. The van der Waals surface area contributed by atoms with Crippen LogP contribution in [0.4, 0.5) is 19.2 Å². The molecule has 1 N–H and O–H groups in total. The highest BCUT2D eigenvalue weighted by atomic mass is 19.4. The number of nitrogens with one attached hydrogen (secondary N) is 1. The standard InChI is InChI=1S/C10H17F3N4O/c1-4-5-17(6-10(11,12)13)9-16-15-8(18-9)7(2)14-3/h7,14H,4-6H2,1-3H3. The molecular weight excluding hydrogens is 249 g/mol. The average Bonchev–Trinajstić information content (AvgIpc) is 2.75. The summed E-state index contributed by atoms with van der Waals surface area (Å²) >= 11 is 0. The topological polar surface area (TPSA) is 54.2 Å². The lowest BCUT2D eigenvalue weighted by Crippen LogP contribution is -2.35. The molecule has 1 aromatic rings. The Labute approximate surface area is 103 Å². The Morgan fingerprint density at radius 3 is 2.56 bits per heavy atom. The lowest BCUT2D eigenvalue weighted by molar-refractivity contribution is -0.120. The molecule has 0 aliphatic carbocycles. The van der Waals surface area contributed by atoms with Gasteiger partial charge in [-0.1, -0.05) is 12.0 Å². The summed E-state index contributed by atoms with van der Waals surface area (Å²) in [6, 6.07) is -0.285.